The Kier molecular flexibility index (Phi) is 9.53. The van der Waals surface area contributed by atoms with E-state index in [-0.39, 0.29) is 30.8 Å². The molecule has 1 atom stereocenters. The topological polar surface area (TPSA) is 183 Å². The zero-order valence-corrected chi connectivity index (χ0v) is 22.8. The Morgan fingerprint density at radius 1 is 0.929 bits per heavy atom. The Hall–Kier alpha value is -5.19. The third-order valence-corrected chi connectivity index (χ3v) is 7.05. The van der Waals surface area contributed by atoms with Gasteiger partial charge < -0.3 is 30.9 Å². The summed E-state index contributed by atoms with van der Waals surface area (Å²) in [5.41, 5.74) is 9.69. The number of benzene rings is 3. The van der Waals surface area contributed by atoms with Gasteiger partial charge in [0, 0.05) is 18.2 Å². The number of ether oxygens (including phenoxy) is 1. The molecule has 3 aromatic carbocycles. The minimum absolute atomic E-state index is 0.0775. The third kappa shape index (κ3) is 8.17. The van der Waals surface area contributed by atoms with Gasteiger partial charge in [0.2, 0.25) is 5.91 Å². The van der Waals surface area contributed by atoms with Crippen LogP contribution in [0.5, 0.6) is 5.75 Å². The van der Waals surface area contributed by atoms with Gasteiger partial charge in [-0.05, 0) is 84.3 Å². The highest BCUT2D eigenvalue weighted by atomic mass is 16.5. The number of nitrogens with one attached hydrogen (secondary N) is 2. The molecule has 0 bridgehead atoms. The van der Waals surface area contributed by atoms with E-state index in [1.165, 1.54) is 4.90 Å². The number of hydrogen-bond donors (Lipinski definition) is 5. The van der Waals surface area contributed by atoms with Crippen molar-refractivity contribution in [2.24, 2.45) is 11.7 Å². The molecule has 0 spiro atoms. The van der Waals surface area contributed by atoms with Crippen LogP contribution in [0, 0.1) is 11.3 Å². The number of carbonyl (C=O) groups excluding carboxylic acids is 2. The summed E-state index contributed by atoms with van der Waals surface area (Å²) >= 11 is 0. The fourth-order valence-corrected chi connectivity index (χ4v) is 4.97. The largest absolute Gasteiger partial charge is 0.481 e. The number of carboxylic acid groups (broad SMARTS) is 2. The van der Waals surface area contributed by atoms with Gasteiger partial charge >= 0.3 is 17.9 Å². The lowest BCUT2D eigenvalue weighted by Crippen LogP contribution is -2.42. The summed E-state index contributed by atoms with van der Waals surface area (Å²) < 4.78 is 5.55. The number of amides is 1. The molecule has 11 heteroatoms. The van der Waals surface area contributed by atoms with Crippen molar-refractivity contribution in [3.8, 4) is 5.75 Å². The van der Waals surface area contributed by atoms with Crippen LogP contribution < -0.4 is 15.8 Å². The summed E-state index contributed by atoms with van der Waals surface area (Å²) in [4.78, 5) is 49.8. The zero-order chi connectivity index (χ0) is 30.2. The van der Waals surface area contributed by atoms with E-state index in [2.05, 4.69) is 5.32 Å². The smallest absolute Gasteiger partial charge is 0.343 e. The normalized spacial score (nSPS) is 13.9. The summed E-state index contributed by atoms with van der Waals surface area (Å²) in [5.74, 6) is -2.95. The second-order valence-electron chi connectivity index (χ2n) is 10.2. The lowest BCUT2D eigenvalue weighted by atomic mass is 9.83. The van der Waals surface area contributed by atoms with Crippen LogP contribution in [0.25, 0.3) is 0 Å². The number of nitrogens with two attached hydrogens (primary N) is 1. The average Bonchev–Trinajstić information content (AvgIpc) is 2.95. The first-order valence-corrected chi connectivity index (χ1v) is 13.4. The number of fused-ring (bicyclic) bond motifs is 1. The highest BCUT2D eigenvalue weighted by Crippen LogP contribution is 2.30. The Bertz CT molecular complexity index is 1490. The molecule has 0 heterocycles. The van der Waals surface area contributed by atoms with E-state index >= 15 is 0 Å². The number of aliphatic carboxylic acids is 2. The highest BCUT2D eigenvalue weighted by molar-refractivity contribution is 5.93. The van der Waals surface area contributed by atoms with E-state index in [4.69, 9.17) is 21.0 Å². The quantitative estimate of drug-likeness (QED) is 0.0997. The van der Waals surface area contributed by atoms with Crippen LogP contribution in [0.2, 0.25) is 0 Å². The van der Waals surface area contributed by atoms with Crippen LogP contribution in [0.15, 0.2) is 66.7 Å². The number of guanidine groups is 1. The van der Waals surface area contributed by atoms with Crippen LogP contribution in [-0.4, -0.2) is 58.0 Å². The number of esters is 1. The first-order valence-electron chi connectivity index (χ1n) is 13.4. The average molecular weight is 573 g/mol. The number of carboxylic acids is 2. The molecule has 0 aromatic heterocycles. The van der Waals surface area contributed by atoms with E-state index in [9.17, 15) is 24.3 Å². The van der Waals surface area contributed by atoms with Gasteiger partial charge in [0.15, 0.2) is 5.96 Å². The molecule has 218 valence electrons. The van der Waals surface area contributed by atoms with Crippen molar-refractivity contribution < 1.29 is 34.1 Å². The van der Waals surface area contributed by atoms with Gasteiger partial charge in [-0.25, -0.2) is 4.79 Å². The van der Waals surface area contributed by atoms with Crippen LogP contribution in [-0.2, 0) is 40.1 Å². The molecule has 1 amide bonds. The molecular weight excluding hydrogens is 540 g/mol. The number of aryl methyl sites for hydroxylation is 1. The molecule has 0 radical (unpaired) electrons. The second-order valence-corrected chi connectivity index (χ2v) is 10.2. The maximum absolute atomic E-state index is 13.4. The summed E-state index contributed by atoms with van der Waals surface area (Å²) in [6.07, 6.45) is 1.93. The molecule has 1 aliphatic carbocycles. The molecular formula is C31H32N4O7. The third-order valence-electron chi connectivity index (χ3n) is 7.05. The Balaban J connectivity index is 1.36. The zero-order valence-electron chi connectivity index (χ0n) is 22.8. The summed E-state index contributed by atoms with van der Waals surface area (Å²) in [5, 5.41) is 28.3. The van der Waals surface area contributed by atoms with Crippen molar-refractivity contribution in [3.05, 3.63) is 94.5 Å². The van der Waals surface area contributed by atoms with Crippen LogP contribution in [0.1, 0.15) is 39.0 Å². The van der Waals surface area contributed by atoms with E-state index < -0.39 is 24.5 Å². The van der Waals surface area contributed by atoms with Crippen molar-refractivity contribution in [3.63, 3.8) is 0 Å². The monoisotopic (exact) mass is 572 g/mol. The molecule has 6 N–H and O–H groups in total. The summed E-state index contributed by atoms with van der Waals surface area (Å²) in [6.45, 7) is -0.173. The maximum Gasteiger partial charge on any atom is 0.343 e. The fourth-order valence-electron chi connectivity index (χ4n) is 4.97. The summed E-state index contributed by atoms with van der Waals surface area (Å²) in [6, 6.07) is 18.7. The molecule has 4 rings (SSSR count). The van der Waals surface area contributed by atoms with Crippen molar-refractivity contribution in [2.75, 3.05) is 18.4 Å². The molecule has 0 fully saturated rings. The minimum atomic E-state index is -1.09. The molecule has 0 aliphatic heterocycles. The van der Waals surface area contributed by atoms with E-state index in [1.54, 1.807) is 60.7 Å². The Morgan fingerprint density at radius 3 is 2.26 bits per heavy atom. The van der Waals surface area contributed by atoms with Crippen molar-refractivity contribution in [1.82, 2.24) is 4.90 Å². The molecule has 1 unspecified atom stereocenters. The van der Waals surface area contributed by atoms with E-state index in [1.807, 2.05) is 6.07 Å². The Labute approximate surface area is 242 Å². The molecule has 0 saturated carbocycles. The van der Waals surface area contributed by atoms with E-state index in [0.717, 1.165) is 16.7 Å². The lowest BCUT2D eigenvalue weighted by Gasteiger charge is -2.29. The molecule has 3 aromatic rings. The maximum atomic E-state index is 13.4. The van der Waals surface area contributed by atoms with Gasteiger partial charge in [0.05, 0.1) is 12.0 Å². The predicted octanol–water partition coefficient (Wildman–Crippen LogP) is 3.10. The molecule has 1 aliphatic rings. The van der Waals surface area contributed by atoms with Gasteiger partial charge in [-0.1, -0.05) is 30.3 Å². The lowest BCUT2D eigenvalue weighted by molar-refractivity contribution is -0.146. The van der Waals surface area contributed by atoms with Gasteiger partial charge in [-0.2, -0.15) is 0 Å². The van der Waals surface area contributed by atoms with Gasteiger partial charge in [-0.3, -0.25) is 19.8 Å². The van der Waals surface area contributed by atoms with Crippen molar-refractivity contribution >= 4 is 35.5 Å². The minimum Gasteiger partial charge on any atom is -0.481 e. The molecule has 11 nitrogen and oxygen atoms in total. The first kappa shape index (κ1) is 29.8. The molecule has 42 heavy (non-hydrogen) atoms. The van der Waals surface area contributed by atoms with Crippen LogP contribution in [0.3, 0.4) is 0 Å². The van der Waals surface area contributed by atoms with Gasteiger partial charge in [-0.15, -0.1) is 0 Å². The van der Waals surface area contributed by atoms with E-state index in [0.29, 0.717) is 48.2 Å². The van der Waals surface area contributed by atoms with Crippen molar-refractivity contribution in [1.29, 1.82) is 5.41 Å². The first-order chi connectivity index (χ1) is 20.1. The fraction of sp³-hybridized carbons (Fsp3) is 0.258. The highest BCUT2D eigenvalue weighted by Gasteiger charge is 2.29. The van der Waals surface area contributed by atoms with Crippen molar-refractivity contribution in [2.45, 2.75) is 32.1 Å². The van der Waals surface area contributed by atoms with Crippen LogP contribution in [0.4, 0.5) is 5.69 Å². The molecule has 0 saturated heterocycles. The summed E-state index contributed by atoms with van der Waals surface area (Å²) in [7, 11) is 0. The van der Waals surface area contributed by atoms with Crippen LogP contribution >= 0.6 is 0 Å². The predicted molar refractivity (Wildman–Crippen MR) is 155 cm³/mol. The number of nitrogens with zero attached hydrogens (tertiary/aromatic N) is 1. The second kappa shape index (κ2) is 13.4. The number of carbonyl (C=O) groups is 4. The van der Waals surface area contributed by atoms with Gasteiger partial charge in [0.25, 0.3) is 0 Å². The standard InChI is InChI=1S/C31H32N4O7/c32-31(33)34-25-10-7-21(8-11-25)30(41)42-26-12-9-22-16-24(6-5-23(22)17-26)29(40)35(18-28(38)39)14-13-19-1-3-20(4-2-19)15-27(36)37/h1-4,7-12,17,24H,5-6,13-16,18H2,(H,36,37)(H,38,39)(H4,32,33,34). The number of anilines is 1. The number of hydrogen-bond acceptors (Lipinski definition) is 6. The SMILES string of the molecule is N=C(N)Nc1ccc(C(=O)Oc2ccc3c(c2)CCC(C(=O)N(CCc2ccc(CC(=O)O)cc2)CC(=O)O)C3)cc1. The number of rotatable bonds is 11. The Morgan fingerprint density at radius 2 is 1.62 bits per heavy atom. The van der Waals surface area contributed by atoms with Gasteiger partial charge in [0.1, 0.15) is 12.3 Å².